The highest BCUT2D eigenvalue weighted by Gasteiger charge is 2.23. The molecule has 0 aliphatic carbocycles. The second-order valence-corrected chi connectivity index (χ2v) is 7.80. The second kappa shape index (κ2) is 6.18. The standard InChI is InChI=1S/C14H19F2NO2S/c1-20(18,19)10-11-3-2-4-17(8-11)9-12-5-13(15)7-14(16)6-12/h5-7,11H,2-4,8-10H2,1H3/t11-/m1/s1. The van der Waals surface area contributed by atoms with E-state index in [1.807, 2.05) is 0 Å². The molecule has 1 aromatic carbocycles. The van der Waals surface area contributed by atoms with Gasteiger partial charge in [-0.05, 0) is 43.0 Å². The Bertz CT molecular complexity index is 554. The third kappa shape index (κ3) is 4.83. The first kappa shape index (κ1) is 15.4. The van der Waals surface area contributed by atoms with Crippen LogP contribution in [0.25, 0.3) is 0 Å². The molecular formula is C14H19F2NO2S. The average Bonchev–Trinajstić information content (AvgIpc) is 2.25. The van der Waals surface area contributed by atoms with Crippen LogP contribution in [0.4, 0.5) is 8.78 Å². The van der Waals surface area contributed by atoms with Crippen LogP contribution in [0.1, 0.15) is 18.4 Å². The topological polar surface area (TPSA) is 37.4 Å². The summed E-state index contributed by atoms with van der Waals surface area (Å²) in [6, 6.07) is 3.50. The number of hydrogen-bond donors (Lipinski definition) is 0. The van der Waals surface area contributed by atoms with Crippen LogP contribution in [0.5, 0.6) is 0 Å². The van der Waals surface area contributed by atoms with Gasteiger partial charge >= 0.3 is 0 Å². The lowest BCUT2D eigenvalue weighted by Gasteiger charge is -2.32. The summed E-state index contributed by atoms with van der Waals surface area (Å²) in [5, 5.41) is 0. The zero-order valence-electron chi connectivity index (χ0n) is 11.5. The van der Waals surface area contributed by atoms with Crippen LogP contribution >= 0.6 is 0 Å². The highest BCUT2D eigenvalue weighted by atomic mass is 32.2. The van der Waals surface area contributed by atoms with Crippen molar-refractivity contribution in [3.05, 3.63) is 35.4 Å². The van der Waals surface area contributed by atoms with Gasteiger partial charge in [0.1, 0.15) is 21.5 Å². The molecule has 0 radical (unpaired) electrons. The van der Waals surface area contributed by atoms with Gasteiger partial charge in [0.25, 0.3) is 0 Å². The Morgan fingerprint density at radius 1 is 1.25 bits per heavy atom. The van der Waals surface area contributed by atoms with Crippen LogP contribution in [0.2, 0.25) is 0 Å². The van der Waals surface area contributed by atoms with Gasteiger partial charge in [-0.15, -0.1) is 0 Å². The fourth-order valence-electron chi connectivity index (χ4n) is 2.82. The monoisotopic (exact) mass is 303 g/mol. The number of likely N-dealkylation sites (tertiary alicyclic amines) is 1. The molecule has 20 heavy (non-hydrogen) atoms. The molecule has 0 aromatic heterocycles. The molecule has 0 bridgehead atoms. The molecule has 112 valence electrons. The van der Waals surface area contributed by atoms with Gasteiger partial charge in [-0.2, -0.15) is 0 Å². The molecule has 1 aliphatic rings. The summed E-state index contributed by atoms with van der Waals surface area (Å²) < 4.78 is 49.0. The number of piperidine rings is 1. The third-order valence-corrected chi connectivity index (χ3v) is 4.55. The number of rotatable bonds is 4. The Hall–Kier alpha value is -1.01. The molecule has 2 rings (SSSR count). The number of nitrogens with zero attached hydrogens (tertiary/aromatic N) is 1. The van der Waals surface area contributed by atoms with Crippen LogP contribution in [-0.2, 0) is 16.4 Å². The van der Waals surface area contributed by atoms with E-state index >= 15 is 0 Å². The van der Waals surface area contributed by atoms with Crippen molar-refractivity contribution < 1.29 is 17.2 Å². The Kier molecular flexibility index (Phi) is 4.75. The molecule has 3 nitrogen and oxygen atoms in total. The van der Waals surface area contributed by atoms with Crippen LogP contribution < -0.4 is 0 Å². The molecule has 0 saturated carbocycles. The SMILES string of the molecule is CS(=O)(=O)C[C@@H]1CCCN(Cc2cc(F)cc(F)c2)C1. The average molecular weight is 303 g/mol. The number of halogens is 2. The van der Waals surface area contributed by atoms with Gasteiger partial charge in [-0.25, -0.2) is 17.2 Å². The maximum atomic E-state index is 13.1. The van der Waals surface area contributed by atoms with Crippen LogP contribution in [0.15, 0.2) is 18.2 Å². The van der Waals surface area contributed by atoms with Gasteiger partial charge in [0.05, 0.1) is 5.75 Å². The first-order chi connectivity index (χ1) is 9.32. The summed E-state index contributed by atoms with van der Waals surface area (Å²) in [5.74, 6) is -0.868. The lowest BCUT2D eigenvalue weighted by molar-refractivity contribution is 0.177. The van der Waals surface area contributed by atoms with E-state index in [-0.39, 0.29) is 11.7 Å². The summed E-state index contributed by atoms with van der Waals surface area (Å²) in [7, 11) is -2.98. The van der Waals surface area contributed by atoms with Gasteiger partial charge in [0.2, 0.25) is 0 Å². The maximum Gasteiger partial charge on any atom is 0.147 e. The maximum absolute atomic E-state index is 13.1. The first-order valence-corrected chi connectivity index (χ1v) is 8.73. The molecule has 0 amide bonds. The molecule has 1 fully saturated rings. The number of benzene rings is 1. The highest BCUT2D eigenvalue weighted by molar-refractivity contribution is 7.90. The fourth-order valence-corrected chi connectivity index (χ4v) is 3.95. The van der Waals surface area contributed by atoms with Gasteiger partial charge in [0.15, 0.2) is 0 Å². The molecule has 1 aliphatic heterocycles. The molecule has 1 atom stereocenters. The van der Waals surface area contributed by atoms with E-state index in [0.29, 0.717) is 18.7 Å². The van der Waals surface area contributed by atoms with Crippen molar-refractivity contribution in [1.82, 2.24) is 4.90 Å². The highest BCUT2D eigenvalue weighted by Crippen LogP contribution is 2.20. The third-order valence-electron chi connectivity index (χ3n) is 3.47. The lowest BCUT2D eigenvalue weighted by atomic mass is 9.99. The minimum Gasteiger partial charge on any atom is -0.299 e. The summed E-state index contributed by atoms with van der Waals surface area (Å²) in [6.07, 6.45) is 3.05. The molecule has 0 N–H and O–H groups in total. The normalized spacial score (nSPS) is 21.1. The molecule has 1 aromatic rings. The largest absolute Gasteiger partial charge is 0.299 e. The van der Waals surface area contributed by atoms with Crippen molar-refractivity contribution >= 4 is 9.84 Å². The Morgan fingerprint density at radius 2 is 1.90 bits per heavy atom. The van der Waals surface area contributed by atoms with Crippen molar-refractivity contribution in [3.8, 4) is 0 Å². The Labute approximate surface area is 118 Å². The smallest absolute Gasteiger partial charge is 0.147 e. The summed E-state index contributed by atoms with van der Waals surface area (Å²) in [5.41, 5.74) is 0.586. The lowest BCUT2D eigenvalue weighted by Crippen LogP contribution is -2.37. The van der Waals surface area contributed by atoms with E-state index in [4.69, 9.17) is 0 Å². The molecule has 1 saturated heterocycles. The minimum absolute atomic E-state index is 0.108. The van der Waals surface area contributed by atoms with E-state index in [1.165, 1.54) is 18.4 Å². The molecule has 0 unspecified atom stereocenters. The van der Waals surface area contributed by atoms with Crippen molar-refractivity contribution in [1.29, 1.82) is 0 Å². The van der Waals surface area contributed by atoms with Crippen LogP contribution in [0.3, 0.4) is 0 Å². The molecule has 1 heterocycles. The predicted octanol–water partition coefficient (Wildman–Crippen LogP) is 2.22. The van der Waals surface area contributed by atoms with Crippen molar-refractivity contribution in [2.75, 3.05) is 25.1 Å². The van der Waals surface area contributed by atoms with Crippen molar-refractivity contribution in [2.24, 2.45) is 5.92 Å². The second-order valence-electron chi connectivity index (χ2n) is 5.61. The van der Waals surface area contributed by atoms with Gasteiger partial charge in [-0.3, -0.25) is 4.90 Å². The van der Waals surface area contributed by atoms with Crippen molar-refractivity contribution in [2.45, 2.75) is 19.4 Å². The van der Waals surface area contributed by atoms with Gasteiger partial charge in [-0.1, -0.05) is 0 Å². The quantitative estimate of drug-likeness (QED) is 0.856. The first-order valence-electron chi connectivity index (χ1n) is 6.67. The summed E-state index contributed by atoms with van der Waals surface area (Å²) in [6.45, 7) is 1.94. The van der Waals surface area contributed by atoms with Crippen molar-refractivity contribution in [3.63, 3.8) is 0 Å². The van der Waals surface area contributed by atoms with Crippen LogP contribution in [-0.4, -0.2) is 38.4 Å². The molecular weight excluding hydrogens is 284 g/mol. The van der Waals surface area contributed by atoms with Gasteiger partial charge < -0.3 is 0 Å². The number of sulfone groups is 1. The predicted molar refractivity (Wildman–Crippen MR) is 74.1 cm³/mol. The van der Waals surface area contributed by atoms with E-state index in [1.54, 1.807) is 0 Å². The zero-order chi connectivity index (χ0) is 14.8. The van der Waals surface area contributed by atoms with Gasteiger partial charge in [0, 0.05) is 25.4 Å². The van der Waals surface area contributed by atoms with Crippen LogP contribution in [0, 0.1) is 17.6 Å². The molecule has 0 spiro atoms. The zero-order valence-corrected chi connectivity index (χ0v) is 12.3. The van der Waals surface area contributed by atoms with E-state index in [2.05, 4.69) is 4.90 Å². The fraction of sp³-hybridized carbons (Fsp3) is 0.571. The minimum atomic E-state index is -2.98. The molecule has 6 heteroatoms. The van der Waals surface area contributed by atoms with E-state index < -0.39 is 21.5 Å². The summed E-state index contributed by atoms with van der Waals surface area (Å²) in [4.78, 5) is 2.06. The Morgan fingerprint density at radius 3 is 2.50 bits per heavy atom. The Balaban J connectivity index is 1.99. The number of hydrogen-bond acceptors (Lipinski definition) is 3. The van der Waals surface area contributed by atoms with E-state index in [0.717, 1.165) is 25.5 Å². The summed E-state index contributed by atoms with van der Waals surface area (Å²) >= 11 is 0. The van der Waals surface area contributed by atoms with E-state index in [9.17, 15) is 17.2 Å².